The van der Waals surface area contributed by atoms with E-state index in [4.69, 9.17) is 5.73 Å². The predicted molar refractivity (Wildman–Crippen MR) is 80.1 cm³/mol. The van der Waals surface area contributed by atoms with Crippen molar-refractivity contribution in [3.63, 3.8) is 0 Å². The summed E-state index contributed by atoms with van der Waals surface area (Å²) in [5, 5.41) is 2.37. The molecule has 0 heterocycles. The Kier molecular flexibility index (Phi) is 5.36. The number of amides is 1. The molecule has 106 valence electrons. The lowest BCUT2D eigenvalue weighted by atomic mass is 10.3. The first-order valence-electron chi connectivity index (χ1n) is 5.17. The van der Waals surface area contributed by atoms with Crippen LogP contribution >= 0.6 is 31.9 Å². The molecule has 0 spiro atoms. The Morgan fingerprint density at radius 1 is 1.32 bits per heavy atom. The van der Waals surface area contributed by atoms with Crippen molar-refractivity contribution in [3.05, 3.63) is 21.1 Å². The van der Waals surface area contributed by atoms with Crippen molar-refractivity contribution in [2.45, 2.75) is 17.9 Å². The van der Waals surface area contributed by atoms with Gasteiger partial charge in [0.05, 0.1) is 6.04 Å². The minimum Gasteiger partial charge on any atom is -0.399 e. The van der Waals surface area contributed by atoms with Gasteiger partial charge in [-0.25, -0.2) is 8.42 Å². The van der Waals surface area contributed by atoms with Gasteiger partial charge >= 0.3 is 0 Å². The fourth-order valence-electron chi connectivity index (χ4n) is 1.40. The largest absolute Gasteiger partial charge is 0.399 e. The molecule has 0 saturated heterocycles. The first-order chi connectivity index (χ1) is 8.69. The van der Waals surface area contributed by atoms with E-state index in [0.29, 0.717) is 14.6 Å². The second-order valence-electron chi connectivity index (χ2n) is 3.77. The van der Waals surface area contributed by atoms with Gasteiger partial charge in [-0.1, -0.05) is 0 Å². The van der Waals surface area contributed by atoms with E-state index >= 15 is 0 Å². The molecular formula is C10H13Br2N3O3S. The van der Waals surface area contributed by atoms with Crippen LogP contribution in [0.25, 0.3) is 0 Å². The number of nitrogens with two attached hydrogens (primary N) is 1. The highest BCUT2D eigenvalue weighted by molar-refractivity contribution is 9.11. The average molecular weight is 415 g/mol. The van der Waals surface area contributed by atoms with Gasteiger partial charge in [-0.2, -0.15) is 4.72 Å². The first kappa shape index (κ1) is 16.4. The van der Waals surface area contributed by atoms with Crippen molar-refractivity contribution in [2.24, 2.45) is 0 Å². The number of likely N-dealkylation sites (N-methyl/N-ethyl adjacent to an activating group) is 1. The van der Waals surface area contributed by atoms with Crippen LogP contribution in [-0.4, -0.2) is 27.4 Å². The zero-order valence-corrected chi connectivity index (χ0v) is 14.2. The Hall–Kier alpha value is -0.640. The number of nitrogen functional groups attached to an aromatic ring is 1. The lowest BCUT2D eigenvalue weighted by Crippen LogP contribution is -2.43. The molecule has 1 aromatic rings. The van der Waals surface area contributed by atoms with Gasteiger partial charge in [0.1, 0.15) is 4.90 Å². The highest BCUT2D eigenvalue weighted by Crippen LogP contribution is 2.32. The molecule has 0 aliphatic heterocycles. The fourth-order valence-corrected chi connectivity index (χ4v) is 5.22. The van der Waals surface area contributed by atoms with E-state index in [1.54, 1.807) is 0 Å². The summed E-state index contributed by atoms with van der Waals surface area (Å²) in [5.41, 5.74) is 6.02. The van der Waals surface area contributed by atoms with Gasteiger partial charge in [-0.05, 0) is 50.9 Å². The van der Waals surface area contributed by atoms with Gasteiger partial charge in [0.15, 0.2) is 0 Å². The molecule has 1 rings (SSSR count). The number of hydrogen-bond acceptors (Lipinski definition) is 4. The van der Waals surface area contributed by atoms with Crippen LogP contribution in [0, 0.1) is 0 Å². The van der Waals surface area contributed by atoms with Crippen LogP contribution in [0.2, 0.25) is 0 Å². The number of carbonyl (C=O) groups excluding carboxylic acids is 1. The number of halogens is 2. The summed E-state index contributed by atoms with van der Waals surface area (Å²) in [5.74, 6) is -0.425. The Morgan fingerprint density at radius 3 is 2.21 bits per heavy atom. The summed E-state index contributed by atoms with van der Waals surface area (Å²) < 4.78 is 27.4. The van der Waals surface area contributed by atoms with Gasteiger partial charge in [0.25, 0.3) is 0 Å². The smallest absolute Gasteiger partial charge is 0.243 e. The molecule has 0 aliphatic carbocycles. The molecule has 1 unspecified atom stereocenters. The Labute approximate surface area is 128 Å². The normalized spacial score (nSPS) is 13.1. The van der Waals surface area contributed by atoms with Gasteiger partial charge in [-0.15, -0.1) is 0 Å². The standard InChI is InChI=1S/C10H13Br2N3O3S/c1-5(10(16)14-2)15-19(17,18)9-7(11)3-6(13)4-8(9)12/h3-5,15H,13H2,1-2H3,(H,14,16). The number of benzene rings is 1. The minimum absolute atomic E-state index is 0.00236. The molecule has 0 fully saturated rings. The molecule has 0 bridgehead atoms. The second kappa shape index (κ2) is 6.21. The molecule has 1 atom stereocenters. The van der Waals surface area contributed by atoms with Crippen LogP contribution < -0.4 is 15.8 Å². The summed E-state index contributed by atoms with van der Waals surface area (Å²) in [7, 11) is -2.42. The third-order valence-corrected chi connectivity index (χ3v) is 5.68. The SMILES string of the molecule is CNC(=O)C(C)NS(=O)(=O)c1c(Br)cc(N)cc1Br. The Balaban J connectivity index is 3.18. The van der Waals surface area contributed by atoms with E-state index in [1.807, 2.05) is 0 Å². The fraction of sp³-hybridized carbons (Fsp3) is 0.300. The molecule has 0 radical (unpaired) electrons. The molecule has 0 aliphatic rings. The van der Waals surface area contributed by atoms with Crippen LogP contribution in [-0.2, 0) is 14.8 Å². The van der Waals surface area contributed by atoms with Gasteiger partial charge in [0, 0.05) is 21.7 Å². The van der Waals surface area contributed by atoms with Gasteiger partial charge in [-0.3, -0.25) is 4.79 Å². The molecule has 4 N–H and O–H groups in total. The van der Waals surface area contributed by atoms with Crippen molar-refractivity contribution in [1.82, 2.24) is 10.0 Å². The van der Waals surface area contributed by atoms with E-state index in [-0.39, 0.29) is 4.90 Å². The summed E-state index contributed by atoms with van der Waals surface area (Å²) in [6.07, 6.45) is 0. The van der Waals surface area contributed by atoms with E-state index in [9.17, 15) is 13.2 Å². The minimum atomic E-state index is -3.85. The average Bonchev–Trinajstić information content (AvgIpc) is 2.24. The monoisotopic (exact) mass is 413 g/mol. The number of hydrogen-bond donors (Lipinski definition) is 3. The maximum absolute atomic E-state index is 12.2. The number of sulfonamides is 1. The van der Waals surface area contributed by atoms with E-state index in [0.717, 1.165) is 0 Å². The predicted octanol–water partition coefficient (Wildman–Crippen LogP) is 1.21. The molecule has 0 aromatic heterocycles. The maximum Gasteiger partial charge on any atom is 0.243 e. The zero-order valence-electron chi connectivity index (χ0n) is 10.2. The number of anilines is 1. The Bertz CT molecular complexity index is 581. The summed E-state index contributed by atoms with van der Waals surface area (Å²) in [6, 6.07) is 2.07. The zero-order chi connectivity index (χ0) is 14.8. The third kappa shape index (κ3) is 3.91. The lowest BCUT2D eigenvalue weighted by Gasteiger charge is -2.15. The maximum atomic E-state index is 12.2. The molecule has 9 heteroatoms. The third-order valence-electron chi connectivity index (χ3n) is 2.26. The van der Waals surface area contributed by atoms with Gasteiger partial charge < -0.3 is 11.1 Å². The molecule has 1 aromatic carbocycles. The summed E-state index contributed by atoms with van der Waals surface area (Å²) in [4.78, 5) is 11.4. The summed E-state index contributed by atoms with van der Waals surface area (Å²) >= 11 is 6.30. The first-order valence-corrected chi connectivity index (χ1v) is 8.24. The van der Waals surface area contributed by atoms with Crippen molar-refractivity contribution in [1.29, 1.82) is 0 Å². The number of rotatable bonds is 4. The number of nitrogens with one attached hydrogen (secondary N) is 2. The van der Waals surface area contributed by atoms with E-state index in [2.05, 4.69) is 41.9 Å². The molecule has 6 nitrogen and oxygen atoms in total. The molecule has 1 amide bonds. The van der Waals surface area contributed by atoms with Crippen molar-refractivity contribution >= 4 is 53.5 Å². The van der Waals surface area contributed by atoms with Crippen LogP contribution in [0.3, 0.4) is 0 Å². The number of carbonyl (C=O) groups is 1. The topological polar surface area (TPSA) is 101 Å². The van der Waals surface area contributed by atoms with Gasteiger partial charge in [0.2, 0.25) is 15.9 Å². The summed E-state index contributed by atoms with van der Waals surface area (Å²) in [6.45, 7) is 1.45. The van der Waals surface area contributed by atoms with Crippen LogP contribution in [0.1, 0.15) is 6.92 Å². The second-order valence-corrected chi connectivity index (χ2v) is 7.13. The van der Waals surface area contributed by atoms with Crippen molar-refractivity contribution in [3.8, 4) is 0 Å². The van der Waals surface area contributed by atoms with Crippen LogP contribution in [0.5, 0.6) is 0 Å². The van der Waals surface area contributed by atoms with E-state index in [1.165, 1.54) is 26.1 Å². The quantitative estimate of drug-likeness (QED) is 0.644. The van der Waals surface area contributed by atoms with Crippen molar-refractivity contribution in [2.75, 3.05) is 12.8 Å². The van der Waals surface area contributed by atoms with E-state index < -0.39 is 22.0 Å². The van der Waals surface area contributed by atoms with Crippen LogP contribution in [0.15, 0.2) is 26.0 Å². The molecular weight excluding hydrogens is 402 g/mol. The van der Waals surface area contributed by atoms with Crippen LogP contribution in [0.4, 0.5) is 5.69 Å². The molecule has 19 heavy (non-hydrogen) atoms. The molecule has 0 saturated carbocycles. The highest BCUT2D eigenvalue weighted by atomic mass is 79.9. The highest BCUT2D eigenvalue weighted by Gasteiger charge is 2.25. The Morgan fingerprint density at radius 2 is 1.79 bits per heavy atom. The lowest BCUT2D eigenvalue weighted by molar-refractivity contribution is -0.121. The van der Waals surface area contributed by atoms with Crippen molar-refractivity contribution < 1.29 is 13.2 Å².